The van der Waals surface area contributed by atoms with Gasteiger partial charge in [0.2, 0.25) is 12.2 Å². The normalized spacial score (nSPS) is 28.6. The summed E-state index contributed by atoms with van der Waals surface area (Å²) in [6, 6.07) is 0. The number of hydrogen-bond donors (Lipinski definition) is 2. The molecule has 1 atom stereocenters. The monoisotopic (exact) mass is 280 g/mol. The van der Waals surface area contributed by atoms with E-state index >= 15 is 0 Å². The van der Waals surface area contributed by atoms with Gasteiger partial charge in [0.15, 0.2) is 0 Å². The van der Waals surface area contributed by atoms with Gasteiger partial charge < -0.3 is 10.1 Å². The predicted molar refractivity (Wildman–Crippen MR) is 77.3 cm³/mol. The van der Waals surface area contributed by atoms with Crippen molar-refractivity contribution in [2.75, 3.05) is 26.2 Å². The minimum absolute atomic E-state index is 0.456. The molecule has 0 aromatic heterocycles. The van der Waals surface area contributed by atoms with Crippen molar-refractivity contribution in [1.82, 2.24) is 20.4 Å². The molecule has 2 saturated heterocycles. The lowest BCUT2D eigenvalue weighted by Crippen LogP contribution is -2.56. The SMILES string of the molecule is ONC1N=C(N2CCCCC2)N=CN1N1CCCCC1. The van der Waals surface area contributed by atoms with Gasteiger partial charge in [0.1, 0.15) is 6.34 Å². The van der Waals surface area contributed by atoms with Crippen LogP contribution < -0.4 is 5.48 Å². The molecular formula is C13H24N6O. The van der Waals surface area contributed by atoms with Crippen molar-refractivity contribution in [2.45, 2.75) is 44.8 Å². The van der Waals surface area contributed by atoms with Gasteiger partial charge in [0, 0.05) is 26.2 Å². The molecule has 0 spiro atoms. The van der Waals surface area contributed by atoms with Crippen LogP contribution in [0, 0.1) is 0 Å². The molecular weight excluding hydrogens is 256 g/mol. The highest BCUT2D eigenvalue weighted by molar-refractivity contribution is 5.89. The van der Waals surface area contributed by atoms with Crippen LogP contribution in [0.1, 0.15) is 38.5 Å². The summed E-state index contributed by atoms with van der Waals surface area (Å²) in [7, 11) is 0. The fourth-order valence-corrected chi connectivity index (χ4v) is 3.06. The van der Waals surface area contributed by atoms with Crippen molar-refractivity contribution in [1.29, 1.82) is 0 Å². The molecule has 3 rings (SSSR count). The Morgan fingerprint density at radius 3 is 2.30 bits per heavy atom. The topological polar surface area (TPSA) is 66.7 Å². The Kier molecular flexibility index (Phi) is 4.49. The predicted octanol–water partition coefficient (Wildman–Crippen LogP) is 0.835. The van der Waals surface area contributed by atoms with E-state index in [-0.39, 0.29) is 0 Å². The summed E-state index contributed by atoms with van der Waals surface area (Å²) in [4.78, 5) is 11.2. The van der Waals surface area contributed by atoms with E-state index in [1.54, 1.807) is 6.34 Å². The molecule has 0 aliphatic carbocycles. The molecule has 1 unspecified atom stereocenters. The molecule has 7 heteroatoms. The van der Waals surface area contributed by atoms with Crippen LogP contribution in [0.3, 0.4) is 0 Å². The number of rotatable bonds is 2. The van der Waals surface area contributed by atoms with Gasteiger partial charge in [-0.05, 0) is 32.1 Å². The molecule has 3 aliphatic heterocycles. The smallest absolute Gasteiger partial charge is 0.225 e. The second-order valence-corrected chi connectivity index (χ2v) is 5.62. The maximum Gasteiger partial charge on any atom is 0.225 e. The number of hydrogen-bond acceptors (Lipinski definition) is 7. The molecule has 3 heterocycles. The Balaban J connectivity index is 1.68. The number of hydrazine groups is 1. The van der Waals surface area contributed by atoms with Gasteiger partial charge in [0.25, 0.3) is 0 Å². The van der Waals surface area contributed by atoms with Crippen LogP contribution in [-0.2, 0) is 0 Å². The quantitative estimate of drug-likeness (QED) is 0.734. The van der Waals surface area contributed by atoms with Crippen molar-refractivity contribution in [3.8, 4) is 0 Å². The minimum atomic E-state index is -0.456. The lowest BCUT2D eigenvalue weighted by atomic mass is 10.1. The zero-order valence-electron chi connectivity index (χ0n) is 11.9. The number of guanidine groups is 1. The molecule has 0 amide bonds. The number of likely N-dealkylation sites (tertiary alicyclic amines) is 1. The number of nitrogens with one attached hydrogen (secondary N) is 1. The van der Waals surface area contributed by atoms with E-state index in [4.69, 9.17) is 0 Å². The average Bonchev–Trinajstić information content (AvgIpc) is 2.56. The van der Waals surface area contributed by atoms with Crippen LogP contribution in [0.15, 0.2) is 9.98 Å². The summed E-state index contributed by atoms with van der Waals surface area (Å²) in [5.74, 6) is 0.740. The Bertz CT molecular complexity index is 373. The molecule has 20 heavy (non-hydrogen) atoms. The molecule has 2 fully saturated rings. The first kappa shape index (κ1) is 13.8. The van der Waals surface area contributed by atoms with E-state index < -0.39 is 6.29 Å². The number of hydroxylamine groups is 1. The Hall–Kier alpha value is -1.18. The largest absolute Gasteiger partial charge is 0.341 e. The fourth-order valence-electron chi connectivity index (χ4n) is 3.06. The van der Waals surface area contributed by atoms with E-state index in [1.807, 2.05) is 5.01 Å². The number of aliphatic imine (C=N–C) groups is 2. The van der Waals surface area contributed by atoms with Crippen molar-refractivity contribution >= 4 is 12.3 Å². The van der Waals surface area contributed by atoms with Crippen LogP contribution in [0.5, 0.6) is 0 Å². The maximum absolute atomic E-state index is 9.40. The zero-order chi connectivity index (χ0) is 13.8. The summed E-state index contributed by atoms with van der Waals surface area (Å²) in [6.45, 7) is 4.02. The van der Waals surface area contributed by atoms with Crippen LogP contribution in [0.4, 0.5) is 0 Å². The summed E-state index contributed by atoms with van der Waals surface area (Å²) in [5, 5.41) is 13.5. The molecule has 3 aliphatic rings. The summed E-state index contributed by atoms with van der Waals surface area (Å²) < 4.78 is 0. The molecule has 0 saturated carbocycles. The Morgan fingerprint density at radius 1 is 1.00 bits per heavy atom. The molecule has 0 radical (unpaired) electrons. The fraction of sp³-hybridized carbons (Fsp3) is 0.846. The maximum atomic E-state index is 9.40. The molecule has 0 bridgehead atoms. The highest BCUT2D eigenvalue weighted by Crippen LogP contribution is 2.17. The van der Waals surface area contributed by atoms with Gasteiger partial charge in [-0.2, -0.15) is 5.48 Å². The Labute approximate surface area is 119 Å². The number of piperidine rings is 2. The van der Waals surface area contributed by atoms with E-state index in [2.05, 4.69) is 25.4 Å². The third kappa shape index (κ3) is 2.94. The van der Waals surface area contributed by atoms with Gasteiger partial charge in [0.05, 0.1) is 0 Å². The van der Waals surface area contributed by atoms with Crippen LogP contribution >= 0.6 is 0 Å². The third-order valence-corrected chi connectivity index (χ3v) is 4.19. The van der Waals surface area contributed by atoms with E-state index in [0.717, 1.165) is 32.1 Å². The summed E-state index contributed by atoms with van der Waals surface area (Å²) >= 11 is 0. The summed E-state index contributed by atoms with van der Waals surface area (Å²) in [6.07, 6.45) is 8.67. The average molecular weight is 280 g/mol. The molecule has 0 aromatic rings. The van der Waals surface area contributed by atoms with E-state index in [9.17, 15) is 5.21 Å². The minimum Gasteiger partial charge on any atom is -0.341 e. The molecule has 2 N–H and O–H groups in total. The molecule has 112 valence electrons. The van der Waals surface area contributed by atoms with Crippen LogP contribution in [0.25, 0.3) is 0 Å². The lowest BCUT2D eigenvalue weighted by Gasteiger charge is -2.41. The zero-order valence-corrected chi connectivity index (χ0v) is 11.9. The van der Waals surface area contributed by atoms with Crippen molar-refractivity contribution in [3.63, 3.8) is 0 Å². The second-order valence-electron chi connectivity index (χ2n) is 5.62. The first-order chi connectivity index (χ1) is 9.88. The van der Waals surface area contributed by atoms with E-state index in [0.29, 0.717) is 0 Å². The van der Waals surface area contributed by atoms with Gasteiger partial charge in [-0.15, -0.1) is 0 Å². The summed E-state index contributed by atoms with van der Waals surface area (Å²) in [5.41, 5.74) is 2.30. The van der Waals surface area contributed by atoms with Crippen molar-refractivity contribution in [3.05, 3.63) is 0 Å². The van der Waals surface area contributed by atoms with Crippen molar-refractivity contribution < 1.29 is 5.21 Å². The van der Waals surface area contributed by atoms with Gasteiger partial charge in [-0.1, -0.05) is 6.42 Å². The molecule has 0 aromatic carbocycles. The molecule has 7 nitrogen and oxygen atoms in total. The van der Waals surface area contributed by atoms with Crippen LogP contribution in [0.2, 0.25) is 0 Å². The second kappa shape index (κ2) is 6.51. The third-order valence-electron chi connectivity index (χ3n) is 4.19. The standard InChI is InChI=1S/C13H24N6O/c20-16-13-15-12(17-7-3-1-4-8-17)14-11-19(13)18-9-5-2-6-10-18/h11,13,16,20H,1-10H2. The lowest BCUT2D eigenvalue weighted by molar-refractivity contribution is -0.0563. The highest BCUT2D eigenvalue weighted by atomic mass is 16.5. The first-order valence-electron chi connectivity index (χ1n) is 7.68. The Morgan fingerprint density at radius 2 is 1.65 bits per heavy atom. The first-order valence-corrected chi connectivity index (χ1v) is 7.68. The highest BCUT2D eigenvalue weighted by Gasteiger charge is 2.27. The van der Waals surface area contributed by atoms with Gasteiger partial charge in [-0.3, -0.25) is 5.01 Å². The van der Waals surface area contributed by atoms with Crippen molar-refractivity contribution in [2.24, 2.45) is 9.98 Å². The van der Waals surface area contributed by atoms with Gasteiger partial charge >= 0.3 is 0 Å². The van der Waals surface area contributed by atoms with Crippen LogP contribution in [-0.4, -0.2) is 64.9 Å². The number of nitrogens with zero attached hydrogens (tertiary/aromatic N) is 5. The van der Waals surface area contributed by atoms with E-state index in [1.165, 1.54) is 38.5 Å². The van der Waals surface area contributed by atoms with Gasteiger partial charge in [-0.25, -0.2) is 15.0 Å².